The molecule has 3 aromatic rings. The molecule has 0 atom stereocenters. The van der Waals surface area contributed by atoms with E-state index < -0.39 is 10.0 Å². The third kappa shape index (κ3) is 6.15. The van der Waals surface area contributed by atoms with Gasteiger partial charge in [-0.2, -0.15) is 0 Å². The van der Waals surface area contributed by atoms with Crippen molar-refractivity contribution in [1.82, 2.24) is 0 Å². The van der Waals surface area contributed by atoms with Gasteiger partial charge in [0.05, 0.1) is 5.75 Å². The van der Waals surface area contributed by atoms with Crippen LogP contribution in [-0.4, -0.2) is 14.2 Å². The van der Waals surface area contributed by atoms with E-state index in [1.807, 2.05) is 42.5 Å². The Morgan fingerprint density at radius 2 is 1.37 bits per heavy atom. The molecule has 5 heteroatoms. The summed E-state index contributed by atoms with van der Waals surface area (Å²) in [5, 5.41) is 3.34. The topological polar surface area (TPSA) is 58.2 Å². The Bertz CT molecular complexity index is 951. The lowest BCUT2D eigenvalue weighted by molar-refractivity contribution is 0.600. The fraction of sp³-hybridized carbons (Fsp3) is 0.182. The van der Waals surface area contributed by atoms with E-state index in [1.165, 1.54) is 11.1 Å². The van der Waals surface area contributed by atoms with E-state index in [9.17, 15) is 8.42 Å². The number of hydrogen-bond acceptors (Lipinski definition) is 3. The van der Waals surface area contributed by atoms with E-state index in [0.717, 1.165) is 17.8 Å². The summed E-state index contributed by atoms with van der Waals surface area (Å²) in [6.45, 7) is 2.79. The van der Waals surface area contributed by atoms with Gasteiger partial charge < -0.3 is 5.32 Å². The molecule has 0 aliphatic heterocycles. The lowest BCUT2D eigenvalue weighted by atomic mass is 10.1. The molecule has 3 rings (SSSR count). The summed E-state index contributed by atoms with van der Waals surface area (Å²) in [6.07, 6.45) is 0.492. The van der Waals surface area contributed by atoms with Crippen molar-refractivity contribution in [3.05, 3.63) is 95.6 Å². The first kappa shape index (κ1) is 19.0. The Morgan fingerprint density at radius 3 is 2.04 bits per heavy atom. The zero-order chi connectivity index (χ0) is 19.1. The molecule has 0 spiro atoms. The van der Waals surface area contributed by atoms with Gasteiger partial charge in [0.2, 0.25) is 10.0 Å². The molecule has 3 aromatic carbocycles. The fourth-order valence-corrected chi connectivity index (χ4v) is 3.80. The number of hydrogen-bond donors (Lipinski definition) is 2. The van der Waals surface area contributed by atoms with E-state index >= 15 is 0 Å². The highest BCUT2D eigenvalue weighted by molar-refractivity contribution is 7.92. The number of rotatable bonds is 8. The van der Waals surface area contributed by atoms with Crippen LogP contribution >= 0.6 is 0 Å². The molecule has 0 unspecified atom stereocenters. The molecule has 0 aromatic heterocycles. The Labute approximate surface area is 161 Å². The maximum Gasteiger partial charge on any atom is 0.233 e. The minimum absolute atomic E-state index is 0.0600. The monoisotopic (exact) mass is 380 g/mol. The average Bonchev–Trinajstić information content (AvgIpc) is 2.68. The molecule has 0 aliphatic carbocycles. The van der Waals surface area contributed by atoms with E-state index in [-0.39, 0.29) is 5.75 Å². The minimum atomic E-state index is -3.38. The van der Waals surface area contributed by atoms with Crippen LogP contribution in [0.15, 0.2) is 78.9 Å². The van der Waals surface area contributed by atoms with Crippen molar-refractivity contribution in [2.75, 3.05) is 15.8 Å². The van der Waals surface area contributed by atoms with E-state index in [0.29, 0.717) is 12.1 Å². The molecular weight excluding hydrogens is 356 g/mol. The predicted molar refractivity (Wildman–Crippen MR) is 113 cm³/mol. The molecular formula is C22H24N2O2S. The molecule has 27 heavy (non-hydrogen) atoms. The van der Waals surface area contributed by atoms with Crippen molar-refractivity contribution >= 4 is 21.4 Å². The summed E-state index contributed by atoms with van der Waals surface area (Å²) in [5.74, 6) is 0.0600. The normalized spacial score (nSPS) is 11.1. The Balaban J connectivity index is 1.52. The van der Waals surface area contributed by atoms with Crippen LogP contribution in [0.2, 0.25) is 0 Å². The average molecular weight is 381 g/mol. The lowest BCUT2D eigenvalue weighted by Crippen LogP contribution is -2.18. The van der Waals surface area contributed by atoms with Gasteiger partial charge in [0.1, 0.15) is 0 Å². The molecule has 0 fully saturated rings. The SMILES string of the molecule is Cc1ccc(CNc2ccc(NS(=O)(=O)CCc3ccccc3)cc2)cc1. The zero-order valence-electron chi connectivity index (χ0n) is 15.4. The Kier molecular flexibility index (Phi) is 6.14. The maximum absolute atomic E-state index is 12.3. The van der Waals surface area contributed by atoms with Gasteiger partial charge in [0.25, 0.3) is 0 Å². The van der Waals surface area contributed by atoms with Gasteiger partial charge in [-0.1, -0.05) is 60.2 Å². The Morgan fingerprint density at radius 1 is 0.741 bits per heavy atom. The molecule has 0 amide bonds. The Hall–Kier alpha value is -2.79. The highest BCUT2D eigenvalue weighted by atomic mass is 32.2. The second-order valence-electron chi connectivity index (χ2n) is 6.57. The first-order valence-corrected chi connectivity index (χ1v) is 10.6. The largest absolute Gasteiger partial charge is 0.381 e. The van der Waals surface area contributed by atoms with Crippen LogP contribution in [-0.2, 0) is 23.0 Å². The summed E-state index contributed by atoms with van der Waals surface area (Å²) >= 11 is 0. The minimum Gasteiger partial charge on any atom is -0.381 e. The van der Waals surface area contributed by atoms with E-state index in [2.05, 4.69) is 41.2 Å². The smallest absolute Gasteiger partial charge is 0.233 e. The van der Waals surface area contributed by atoms with Gasteiger partial charge in [-0.05, 0) is 48.7 Å². The van der Waals surface area contributed by atoms with Crippen LogP contribution in [0.5, 0.6) is 0 Å². The van der Waals surface area contributed by atoms with Crippen LogP contribution in [0.1, 0.15) is 16.7 Å². The number of benzene rings is 3. The van der Waals surface area contributed by atoms with Crippen molar-refractivity contribution < 1.29 is 8.42 Å². The molecule has 140 valence electrons. The molecule has 0 bridgehead atoms. The molecule has 0 aliphatic rings. The molecule has 0 saturated heterocycles. The van der Waals surface area contributed by atoms with Crippen molar-refractivity contribution in [3.63, 3.8) is 0 Å². The van der Waals surface area contributed by atoms with Gasteiger partial charge in [-0.25, -0.2) is 8.42 Å². The van der Waals surface area contributed by atoms with Crippen molar-refractivity contribution in [2.24, 2.45) is 0 Å². The number of sulfonamides is 1. The van der Waals surface area contributed by atoms with Gasteiger partial charge in [0, 0.05) is 17.9 Å². The second kappa shape index (κ2) is 8.73. The maximum atomic E-state index is 12.3. The zero-order valence-corrected chi connectivity index (χ0v) is 16.2. The second-order valence-corrected chi connectivity index (χ2v) is 8.41. The van der Waals surface area contributed by atoms with Crippen LogP contribution in [0.25, 0.3) is 0 Å². The predicted octanol–water partition coefficient (Wildman–Crippen LogP) is 4.59. The highest BCUT2D eigenvalue weighted by Crippen LogP contribution is 2.16. The lowest BCUT2D eigenvalue weighted by Gasteiger charge is -2.10. The molecule has 0 saturated carbocycles. The van der Waals surface area contributed by atoms with Crippen LogP contribution in [0.3, 0.4) is 0 Å². The van der Waals surface area contributed by atoms with E-state index in [4.69, 9.17) is 0 Å². The van der Waals surface area contributed by atoms with Crippen molar-refractivity contribution in [2.45, 2.75) is 19.9 Å². The van der Waals surface area contributed by atoms with Crippen LogP contribution in [0.4, 0.5) is 11.4 Å². The summed E-state index contributed by atoms with van der Waals surface area (Å²) in [7, 11) is -3.38. The standard InChI is InChI=1S/C22H24N2O2S/c1-18-7-9-20(10-8-18)17-23-21-11-13-22(14-12-21)24-27(25,26)16-15-19-5-3-2-4-6-19/h2-14,23-24H,15-17H2,1H3. The van der Waals surface area contributed by atoms with Gasteiger partial charge in [0.15, 0.2) is 0 Å². The van der Waals surface area contributed by atoms with E-state index in [1.54, 1.807) is 12.1 Å². The molecule has 4 nitrogen and oxygen atoms in total. The third-order valence-corrected chi connectivity index (χ3v) is 5.57. The summed E-state index contributed by atoms with van der Waals surface area (Å²) in [4.78, 5) is 0. The summed E-state index contributed by atoms with van der Waals surface area (Å²) in [5.41, 5.74) is 4.97. The highest BCUT2D eigenvalue weighted by Gasteiger charge is 2.10. The van der Waals surface area contributed by atoms with Crippen molar-refractivity contribution in [1.29, 1.82) is 0 Å². The first-order chi connectivity index (χ1) is 13.0. The fourth-order valence-electron chi connectivity index (χ4n) is 2.69. The van der Waals surface area contributed by atoms with Crippen molar-refractivity contribution in [3.8, 4) is 0 Å². The van der Waals surface area contributed by atoms with Crippen LogP contribution in [0, 0.1) is 6.92 Å². The number of anilines is 2. The third-order valence-electron chi connectivity index (χ3n) is 4.28. The van der Waals surface area contributed by atoms with Gasteiger partial charge in [-0.15, -0.1) is 0 Å². The number of nitrogens with one attached hydrogen (secondary N) is 2. The molecule has 0 radical (unpaired) electrons. The summed E-state index contributed by atoms with van der Waals surface area (Å²) in [6, 6.07) is 25.3. The number of aryl methyl sites for hydroxylation is 2. The molecule has 2 N–H and O–H groups in total. The van der Waals surface area contributed by atoms with Gasteiger partial charge >= 0.3 is 0 Å². The molecule has 0 heterocycles. The quantitative estimate of drug-likeness (QED) is 0.601. The van der Waals surface area contributed by atoms with Gasteiger partial charge in [-0.3, -0.25) is 4.72 Å². The van der Waals surface area contributed by atoms with Crippen LogP contribution < -0.4 is 10.0 Å². The summed E-state index contributed by atoms with van der Waals surface area (Å²) < 4.78 is 27.2. The first-order valence-electron chi connectivity index (χ1n) is 8.94.